The molecule has 1 N–H and O–H groups in total. The van der Waals surface area contributed by atoms with Crippen LogP contribution in [0.15, 0.2) is 176 Å². The SMILES string of the molecule is CC(C)(c1ccccc1)c1ccc(-c2ccnc(-c3[c-]c(-c4cccc5c4nc(-c4ccccc4O)n5-c4ccccc4)cc4c3C(C)(C)c3ccccc3-4)c2)cc1.[Pt]. The number of hydrogen-bond acceptors (Lipinski definition) is 3. The Morgan fingerprint density at radius 1 is 0.610 bits per heavy atom. The van der Waals surface area contributed by atoms with Gasteiger partial charge in [0, 0.05) is 44.1 Å². The van der Waals surface area contributed by atoms with Crippen molar-refractivity contribution < 1.29 is 26.2 Å². The molecule has 1 aliphatic carbocycles. The van der Waals surface area contributed by atoms with E-state index in [0.717, 1.165) is 50.2 Å². The van der Waals surface area contributed by atoms with Gasteiger partial charge < -0.3 is 5.11 Å². The number of para-hydroxylation sites is 3. The number of phenolic OH excluding ortho intramolecular Hbond substituents is 1. The van der Waals surface area contributed by atoms with Crippen molar-refractivity contribution in [3.05, 3.63) is 204 Å². The first-order valence-corrected chi connectivity index (χ1v) is 19.9. The first-order valence-electron chi connectivity index (χ1n) is 19.9. The Morgan fingerprint density at radius 3 is 2.00 bits per heavy atom. The van der Waals surface area contributed by atoms with Gasteiger partial charge in [-0.2, -0.15) is 0 Å². The molecule has 0 spiro atoms. The smallest absolute Gasteiger partial charge is 0.148 e. The Balaban J connectivity index is 0.00000449. The first-order chi connectivity index (χ1) is 28.2. The molecule has 59 heavy (non-hydrogen) atoms. The number of imidazole rings is 1. The van der Waals surface area contributed by atoms with Crippen LogP contribution < -0.4 is 0 Å². The second-order valence-corrected chi connectivity index (χ2v) is 16.3. The number of pyridine rings is 1. The maximum atomic E-state index is 11.1. The van der Waals surface area contributed by atoms with Crippen LogP contribution in [0, 0.1) is 6.07 Å². The molecular weight excluding hydrogens is 902 g/mol. The van der Waals surface area contributed by atoms with Crippen LogP contribution in [0.4, 0.5) is 0 Å². The Morgan fingerprint density at radius 2 is 1.25 bits per heavy atom. The third-order valence-electron chi connectivity index (χ3n) is 12.2. The van der Waals surface area contributed by atoms with Crippen molar-refractivity contribution in [1.29, 1.82) is 0 Å². The van der Waals surface area contributed by atoms with Gasteiger partial charge in [0.1, 0.15) is 11.6 Å². The largest absolute Gasteiger partial charge is 0.507 e. The van der Waals surface area contributed by atoms with Crippen molar-refractivity contribution in [2.24, 2.45) is 0 Å². The molecule has 7 aromatic carbocycles. The fourth-order valence-corrected chi connectivity index (χ4v) is 9.03. The van der Waals surface area contributed by atoms with Crippen LogP contribution in [0.5, 0.6) is 5.75 Å². The number of aromatic hydroxyl groups is 1. The maximum Gasteiger partial charge on any atom is 0.148 e. The van der Waals surface area contributed by atoms with Crippen LogP contribution in [-0.2, 0) is 31.9 Å². The summed E-state index contributed by atoms with van der Waals surface area (Å²) in [5, 5.41) is 11.1. The number of hydrogen-bond donors (Lipinski definition) is 1. The van der Waals surface area contributed by atoms with Gasteiger partial charge in [0.15, 0.2) is 0 Å². The summed E-state index contributed by atoms with van der Waals surface area (Å²) >= 11 is 0. The second-order valence-electron chi connectivity index (χ2n) is 16.3. The molecule has 1 aliphatic rings. The number of nitrogens with zero attached hydrogens (tertiary/aromatic N) is 3. The van der Waals surface area contributed by atoms with Gasteiger partial charge in [-0.3, -0.25) is 9.55 Å². The summed E-state index contributed by atoms with van der Waals surface area (Å²) in [6.07, 6.45) is 1.93. The molecule has 0 radical (unpaired) electrons. The third-order valence-corrected chi connectivity index (χ3v) is 12.2. The number of phenols is 1. The summed E-state index contributed by atoms with van der Waals surface area (Å²) in [4.78, 5) is 10.4. The van der Waals surface area contributed by atoms with Gasteiger partial charge >= 0.3 is 0 Å². The Labute approximate surface area is 360 Å². The van der Waals surface area contributed by atoms with Crippen LogP contribution in [0.2, 0.25) is 0 Å². The van der Waals surface area contributed by atoms with Crippen molar-refractivity contribution in [2.45, 2.75) is 38.5 Å². The van der Waals surface area contributed by atoms with Crippen molar-refractivity contribution >= 4 is 11.0 Å². The zero-order valence-corrected chi connectivity index (χ0v) is 35.6. The molecule has 4 nitrogen and oxygen atoms in total. The van der Waals surface area contributed by atoms with Gasteiger partial charge in [0.05, 0.1) is 16.6 Å². The second kappa shape index (κ2) is 14.8. The van der Waals surface area contributed by atoms with E-state index in [2.05, 4.69) is 166 Å². The fraction of sp³-hybridized carbons (Fsp3) is 0.111. The molecular formula is C54H42N3OPt-. The van der Waals surface area contributed by atoms with Crippen molar-refractivity contribution in [3.63, 3.8) is 0 Å². The molecule has 0 bridgehead atoms. The molecule has 0 saturated heterocycles. The van der Waals surface area contributed by atoms with Crippen molar-refractivity contribution in [1.82, 2.24) is 14.5 Å². The van der Waals surface area contributed by atoms with E-state index in [1.165, 1.54) is 33.4 Å². The molecule has 0 unspecified atom stereocenters. The van der Waals surface area contributed by atoms with E-state index in [4.69, 9.17) is 9.97 Å². The molecule has 0 aliphatic heterocycles. The molecule has 0 amide bonds. The van der Waals surface area contributed by atoms with E-state index < -0.39 is 0 Å². The molecule has 2 aromatic heterocycles. The normalized spacial score (nSPS) is 12.8. The van der Waals surface area contributed by atoms with E-state index >= 15 is 0 Å². The van der Waals surface area contributed by atoms with E-state index in [0.29, 0.717) is 11.4 Å². The predicted octanol–water partition coefficient (Wildman–Crippen LogP) is 13.2. The average molecular weight is 944 g/mol. The molecule has 0 atom stereocenters. The summed E-state index contributed by atoms with van der Waals surface area (Å²) in [5.74, 6) is 0.856. The summed E-state index contributed by atoms with van der Waals surface area (Å²) in [6, 6.07) is 62.9. The minimum Gasteiger partial charge on any atom is -0.507 e. The Kier molecular flexibility index (Phi) is 9.57. The number of aromatic nitrogens is 3. The zero-order chi connectivity index (χ0) is 39.6. The van der Waals surface area contributed by atoms with Gasteiger partial charge in [0.2, 0.25) is 0 Å². The van der Waals surface area contributed by atoms with E-state index in [1.807, 2.05) is 42.6 Å². The number of fused-ring (bicyclic) bond motifs is 4. The predicted molar refractivity (Wildman–Crippen MR) is 237 cm³/mol. The fourth-order valence-electron chi connectivity index (χ4n) is 9.03. The van der Waals surface area contributed by atoms with E-state index in [9.17, 15) is 5.11 Å². The van der Waals surface area contributed by atoms with Gasteiger partial charge in [-0.05, 0) is 75.2 Å². The third kappa shape index (κ3) is 6.35. The maximum absolute atomic E-state index is 11.1. The summed E-state index contributed by atoms with van der Waals surface area (Å²) in [5.41, 5.74) is 16.5. The van der Waals surface area contributed by atoms with Crippen molar-refractivity contribution in [3.8, 4) is 67.5 Å². The molecule has 5 heteroatoms. The van der Waals surface area contributed by atoms with Crippen molar-refractivity contribution in [2.75, 3.05) is 0 Å². The summed E-state index contributed by atoms with van der Waals surface area (Å²) in [7, 11) is 0. The topological polar surface area (TPSA) is 50.9 Å². The average Bonchev–Trinajstić information content (AvgIpc) is 3.77. The van der Waals surface area contributed by atoms with E-state index in [-0.39, 0.29) is 37.6 Å². The summed E-state index contributed by atoms with van der Waals surface area (Å²) in [6.45, 7) is 9.19. The molecule has 290 valence electrons. The molecule has 0 saturated carbocycles. The quantitative estimate of drug-likeness (QED) is 0.162. The molecule has 2 heterocycles. The molecule has 0 fully saturated rings. The number of benzene rings is 7. The van der Waals surface area contributed by atoms with Gasteiger partial charge in [-0.1, -0.05) is 177 Å². The van der Waals surface area contributed by atoms with Crippen LogP contribution in [0.1, 0.15) is 49.9 Å². The minimum atomic E-state index is -0.280. The number of rotatable bonds is 7. The Bertz CT molecular complexity index is 3000. The van der Waals surface area contributed by atoms with Crippen LogP contribution in [-0.4, -0.2) is 19.6 Å². The first kappa shape index (κ1) is 38.2. The molecule has 10 rings (SSSR count). The molecule has 9 aromatic rings. The van der Waals surface area contributed by atoms with Gasteiger partial charge in [-0.15, -0.1) is 17.7 Å². The monoisotopic (exact) mass is 943 g/mol. The summed E-state index contributed by atoms with van der Waals surface area (Å²) < 4.78 is 2.14. The standard InChI is InChI=1S/C54H42N3O.Pt/c1-53(2,38-16-7-5-8-17-38)39-28-26-35(27-29-39)36-30-31-55-47(34-36)45-33-37(32-44-42-20-11-13-23-46(42)54(3,4)50(44)45)41-22-15-24-48-51(41)56-52(43-21-12-14-25-49(43)58)57(48)40-18-9-6-10-19-40;/h5-32,34,58H,1-4H3;/q-1;. The van der Waals surface area contributed by atoms with Crippen LogP contribution in [0.25, 0.3) is 72.7 Å². The van der Waals surface area contributed by atoms with Crippen LogP contribution in [0.3, 0.4) is 0 Å². The van der Waals surface area contributed by atoms with Gasteiger partial charge in [0.25, 0.3) is 0 Å². The Hall–Kier alpha value is -6.35. The van der Waals surface area contributed by atoms with E-state index in [1.54, 1.807) is 6.07 Å². The van der Waals surface area contributed by atoms with Crippen LogP contribution >= 0.6 is 0 Å². The minimum absolute atomic E-state index is 0. The zero-order valence-electron chi connectivity index (χ0n) is 33.3. The van der Waals surface area contributed by atoms with Gasteiger partial charge in [-0.25, -0.2) is 4.98 Å².